The molecule has 0 atom stereocenters. The molecule has 0 saturated carbocycles. The minimum atomic E-state index is -10.7. The van der Waals surface area contributed by atoms with Gasteiger partial charge in [0.05, 0.1) is 0 Å². The third-order valence-electron chi connectivity index (χ3n) is 6.08. The summed E-state index contributed by atoms with van der Waals surface area (Å²) in [5.41, 5.74) is 7.71. The van der Waals surface area contributed by atoms with Gasteiger partial charge in [0.1, 0.15) is 0 Å². The van der Waals surface area contributed by atoms with Gasteiger partial charge in [0, 0.05) is 86.2 Å². The van der Waals surface area contributed by atoms with Gasteiger partial charge in [-0.25, -0.2) is 0 Å². The fourth-order valence-corrected chi connectivity index (χ4v) is 3.78. The van der Waals surface area contributed by atoms with E-state index < -0.39 is 15.6 Å². The van der Waals surface area contributed by atoms with Crippen molar-refractivity contribution >= 4 is 40.0 Å². The van der Waals surface area contributed by atoms with Gasteiger partial charge in [-0.1, -0.05) is 60.7 Å². The molecule has 0 amide bonds. The van der Waals surface area contributed by atoms with Crippen LogP contribution in [0.1, 0.15) is 44.7 Å². The van der Waals surface area contributed by atoms with E-state index in [9.17, 15) is 50.4 Å². The third kappa shape index (κ3) is 33.8. The molecule has 0 radical (unpaired) electrons. The van der Waals surface area contributed by atoms with Gasteiger partial charge in [0.2, 0.25) is 0 Å². The summed E-state index contributed by atoms with van der Waals surface area (Å²) in [4.78, 5) is 18.8. The van der Waals surface area contributed by atoms with E-state index in [-0.39, 0.29) is 16.5 Å². The van der Waals surface area contributed by atoms with E-state index in [1.54, 1.807) is 0 Å². The minimum Gasteiger partial charge on any atom is 2.00 e. The van der Waals surface area contributed by atoms with Crippen molar-refractivity contribution in [2.24, 2.45) is 20.0 Å². The van der Waals surface area contributed by atoms with Gasteiger partial charge in [0.15, 0.2) is 0 Å². The third-order valence-corrected chi connectivity index (χ3v) is 6.08. The number of benzene rings is 2. The zero-order valence-electron chi connectivity index (χ0n) is 28.2. The van der Waals surface area contributed by atoms with E-state index in [4.69, 9.17) is 9.98 Å². The fourth-order valence-electron chi connectivity index (χ4n) is 3.78. The van der Waals surface area contributed by atoms with Crippen molar-refractivity contribution in [1.82, 2.24) is 10.6 Å². The molecule has 6 nitrogen and oxygen atoms in total. The molecular formula is C31H40F12N6NiP2. The van der Waals surface area contributed by atoms with Crippen LogP contribution in [0, 0.1) is 0 Å². The second-order valence-electron chi connectivity index (χ2n) is 11.0. The zero-order chi connectivity index (χ0) is 38.9. The maximum Gasteiger partial charge on any atom is 2.00 e. The summed E-state index contributed by atoms with van der Waals surface area (Å²) >= 11 is 0. The molecule has 298 valence electrons. The van der Waals surface area contributed by atoms with Gasteiger partial charge in [-0.3, -0.25) is 20.0 Å². The maximum absolute atomic E-state index is 10.7. The Labute approximate surface area is 304 Å². The second-order valence-corrected chi connectivity index (χ2v) is 14.8. The van der Waals surface area contributed by atoms with Crippen LogP contribution < -0.4 is 10.6 Å². The number of allylic oxidation sites excluding steroid dienone is 4. The summed E-state index contributed by atoms with van der Waals surface area (Å²) in [6.07, 6.45) is 7.59. The molecule has 0 spiro atoms. The number of aliphatic imine (C=N–C) groups is 4. The first-order chi connectivity index (χ1) is 23.0. The number of rotatable bonds is 6. The van der Waals surface area contributed by atoms with Crippen molar-refractivity contribution in [2.75, 3.05) is 26.2 Å². The van der Waals surface area contributed by atoms with Crippen molar-refractivity contribution < 1.29 is 66.9 Å². The quantitative estimate of drug-likeness (QED) is 0.173. The molecule has 1 aliphatic heterocycles. The average Bonchev–Trinajstić information content (AvgIpc) is 2.98. The Bertz CT molecular complexity index is 1540. The minimum absolute atomic E-state index is 0. The predicted octanol–water partition coefficient (Wildman–Crippen LogP) is 12.3. The molecule has 0 fully saturated rings. The molecule has 0 unspecified atom stereocenters. The summed E-state index contributed by atoms with van der Waals surface area (Å²) in [5, 5.41) is 7.04. The van der Waals surface area contributed by atoms with Crippen LogP contribution in [0.15, 0.2) is 103 Å². The molecule has 1 heterocycles. The Morgan fingerprint density at radius 3 is 1.31 bits per heavy atom. The topological polar surface area (TPSA) is 73.5 Å². The largest absolute Gasteiger partial charge is 2.00 e. The van der Waals surface area contributed by atoms with Crippen LogP contribution in [-0.4, -0.2) is 50.5 Å². The van der Waals surface area contributed by atoms with Crippen LogP contribution in [0.3, 0.4) is 0 Å². The smallest absolute Gasteiger partial charge is 2.00 e. The van der Waals surface area contributed by atoms with Gasteiger partial charge < -0.3 is 10.6 Å². The Hall–Kier alpha value is -3.29. The molecule has 2 aromatic rings. The van der Waals surface area contributed by atoms with E-state index in [1.807, 2.05) is 30.8 Å². The molecule has 0 aliphatic carbocycles. The number of halogens is 12. The first kappa shape index (κ1) is 48.7. The van der Waals surface area contributed by atoms with Gasteiger partial charge in [0.25, 0.3) is 0 Å². The number of nitrogens with one attached hydrogen (secondary N) is 2. The molecule has 2 aromatic carbocycles. The molecule has 2 N–H and O–H groups in total. The molecule has 21 heteroatoms. The van der Waals surface area contributed by atoms with Crippen LogP contribution in [0.25, 0.3) is 0 Å². The monoisotopic (exact) mass is 844 g/mol. The van der Waals surface area contributed by atoms with E-state index in [0.29, 0.717) is 0 Å². The van der Waals surface area contributed by atoms with Crippen molar-refractivity contribution in [1.29, 1.82) is 0 Å². The van der Waals surface area contributed by atoms with Crippen molar-refractivity contribution in [3.63, 3.8) is 0 Å². The Balaban J connectivity index is 0.00000146. The normalized spacial score (nSPS) is 19.2. The van der Waals surface area contributed by atoms with Crippen molar-refractivity contribution in [2.45, 2.75) is 46.7 Å². The standard InChI is InChI=1S/C31H40N6.2F6P.Ni/c1-25(36-20-28-12-6-4-7-13-28)30-22-32-16-10-17-34-24-31(26(2)35-19-11-18-33-23-30)27(3)37-21-29-14-8-5-9-15-29;2*1-7(2,3,4,5)6;/h4-9,12-15,22-24,36-37H,10-11,16-21H2,1-3H3;;;/q;2*-1;+2/b30-25-,31-27-,32-22?,33-23?,34-24?,35-26?;;;. The number of nitrogens with zero attached hydrogens (tertiary/aromatic N) is 4. The number of hydrogen-bond acceptors (Lipinski definition) is 6. The van der Waals surface area contributed by atoms with Gasteiger partial charge in [-0.05, 0) is 44.7 Å². The fraction of sp³-hybridized carbons (Fsp3) is 0.355. The van der Waals surface area contributed by atoms with Gasteiger partial charge >= 0.3 is 82.5 Å². The summed E-state index contributed by atoms with van der Waals surface area (Å²) in [5.74, 6) is 0. The molecule has 3 rings (SSSR count). The van der Waals surface area contributed by atoms with Crippen LogP contribution in [0.4, 0.5) is 50.4 Å². The van der Waals surface area contributed by atoms with Gasteiger partial charge in [-0.15, -0.1) is 0 Å². The number of hydrogen-bond donors (Lipinski definition) is 2. The molecule has 52 heavy (non-hydrogen) atoms. The Kier molecular flexibility index (Phi) is 17.5. The molecule has 0 saturated heterocycles. The van der Waals surface area contributed by atoms with Crippen LogP contribution in [0.5, 0.6) is 0 Å². The Morgan fingerprint density at radius 1 is 0.558 bits per heavy atom. The molecule has 0 bridgehead atoms. The second kappa shape index (κ2) is 18.7. The van der Waals surface area contributed by atoms with E-state index in [1.165, 1.54) is 11.1 Å². The summed E-state index contributed by atoms with van der Waals surface area (Å²) < 4.78 is 118. The van der Waals surface area contributed by atoms with E-state index in [0.717, 1.165) is 80.4 Å². The first-order valence-electron chi connectivity index (χ1n) is 15.1. The van der Waals surface area contributed by atoms with E-state index in [2.05, 4.69) is 89.9 Å². The first-order valence-corrected chi connectivity index (χ1v) is 19.2. The SMILES string of the molecule is CC1=NCCCN=C/C(=C(/C)NCc2ccccc2)C=NCCCN=C/C1=C(\C)NCc1ccccc1.F[P-](F)(F)(F)(F)F.F[P-](F)(F)(F)(F)F.[Ni+2]. The zero-order valence-corrected chi connectivity index (χ0v) is 31.0. The van der Waals surface area contributed by atoms with Gasteiger partial charge in [-0.2, -0.15) is 0 Å². The molecular weight excluding hydrogens is 805 g/mol. The molecule has 1 aliphatic rings. The summed E-state index contributed by atoms with van der Waals surface area (Å²) in [7, 11) is -21.3. The van der Waals surface area contributed by atoms with Crippen LogP contribution >= 0.6 is 15.6 Å². The maximum atomic E-state index is 9.87. The van der Waals surface area contributed by atoms with Crippen molar-refractivity contribution in [3.05, 3.63) is 94.3 Å². The summed E-state index contributed by atoms with van der Waals surface area (Å²) in [6.45, 7) is 10.7. The van der Waals surface area contributed by atoms with Crippen LogP contribution in [-0.2, 0) is 29.6 Å². The summed E-state index contributed by atoms with van der Waals surface area (Å²) in [6, 6.07) is 20.8. The van der Waals surface area contributed by atoms with E-state index >= 15 is 0 Å². The Morgan fingerprint density at radius 2 is 0.904 bits per heavy atom. The molecule has 0 aromatic heterocycles. The predicted molar refractivity (Wildman–Crippen MR) is 186 cm³/mol. The van der Waals surface area contributed by atoms with Crippen LogP contribution in [0.2, 0.25) is 0 Å². The van der Waals surface area contributed by atoms with Crippen molar-refractivity contribution in [3.8, 4) is 0 Å². The average molecular weight is 845 g/mol.